The number of amides is 1. The molecule has 1 unspecified atom stereocenters. The third-order valence-corrected chi connectivity index (χ3v) is 5.74. The van der Waals surface area contributed by atoms with Crippen LogP contribution in [0.5, 0.6) is 0 Å². The summed E-state index contributed by atoms with van der Waals surface area (Å²) in [5.41, 5.74) is 3.95. The van der Waals surface area contributed by atoms with Crippen LogP contribution in [0.3, 0.4) is 0 Å². The predicted octanol–water partition coefficient (Wildman–Crippen LogP) is 4.55. The zero-order chi connectivity index (χ0) is 22.3. The summed E-state index contributed by atoms with van der Waals surface area (Å²) in [5.74, 6) is -1.39. The minimum Gasteiger partial charge on any atom is -0.481 e. The molecule has 1 aliphatic rings. The molecule has 3 aromatic carbocycles. The average Bonchev–Trinajstić information content (AvgIpc) is 3.15. The summed E-state index contributed by atoms with van der Waals surface area (Å²) in [6, 6.07) is 28.1. The van der Waals surface area contributed by atoms with Crippen LogP contribution in [0.25, 0.3) is 0 Å². The van der Waals surface area contributed by atoms with Crippen molar-refractivity contribution in [1.82, 2.24) is 5.32 Å². The molecular weight excluding hydrogens is 424 g/mol. The number of carboxylic acids is 1. The van der Waals surface area contributed by atoms with Gasteiger partial charge in [0.25, 0.3) is 0 Å². The van der Waals surface area contributed by atoms with Gasteiger partial charge in [0, 0.05) is 17.1 Å². The number of anilines is 3. The number of rotatable bonds is 7. The molecule has 8 heteroatoms. The Morgan fingerprint density at radius 1 is 0.938 bits per heavy atom. The van der Waals surface area contributed by atoms with Crippen molar-refractivity contribution in [3.8, 4) is 0 Å². The molecule has 0 aliphatic carbocycles. The quantitative estimate of drug-likeness (QED) is 0.412. The van der Waals surface area contributed by atoms with Crippen molar-refractivity contribution >= 4 is 52.1 Å². The van der Waals surface area contributed by atoms with Crippen LogP contribution in [0.1, 0.15) is 12.0 Å². The Labute approximate surface area is 189 Å². The molecule has 1 amide bonds. The first-order valence-corrected chi connectivity index (χ1v) is 10.8. The summed E-state index contributed by atoms with van der Waals surface area (Å²) in [6.07, 6.45) is 1.34. The first kappa shape index (κ1) is 21.3. The molecule has 1 saturated heterocycles. The third-order valence-electron chi connectivity index (χ3n) is 4.67. The van der Waals surface area contributed by atoms with Crippen LogP contribution in [-0.4, -0.2) is 33.6 Å². The largest absolute Gasteiger partial charge is 0.481 e. The van der Waals surface area contributed by atoms with Crippen molar-refractivity contribution in [3.05, 3.63) is 90.5 Å². The van der Waals surface area contributed by atoms with Gasteiger partial charge in [0.2, 0.25) is 5.91 Å². The highest BCUT2D eigenvalue weighted by molar-refractivity contribution is 8.15. The molecule has 0 saturated carbocycles. The Hall–Kier alpha value is -3.91. The second kappa shape index (κ2) is 9.93. The Morgan fingerprint density at radius 3 is 2.06 bits per heavy atom. The number of thioether (sulfide) groups is 1. The predicted molar refractivity (Wildman–Crippen MR) is 128 cm³/mol. The number of benzene rings is 3. The van der Waals surface area contributed by atoms with E-state index < -0.39 is 11.2 Å². The van der Waals surface area contributed by atoms with Gasteiger partial charge in [-0.1, -0.05) is 60.3 Å². The zero-order valence-electron chi connectivity index (χ0n) is 17.0. The Kier molecular flexibility index (Phi) is 6.62. The lowest BCUT2D eigenvalue weighted by Crippen LogP contribution is -2.26. The van der Waals surface area contributed by atoms with Crippen LogP contribution in [0.2, 0.25) is 0 Å². The maximum atomic E-state index is 11.8. The molecule has 1 aliphatic heterocycles. The number of hydrogen-bond donors (Lipinski definition) is 2. The number of amidine groups is 1. The molecule has 2 N–H and O–H groups in total. The standard InChI is InChI=1S/C24H20N4O3S/c29-22(30)15-21-23(31)26-24(32-21)27-25-16-17-11-13-20(14-12-17)28(18-7-3-1-4-8-18)19-9-5-2-6-10-19/h1-14,16,21H,15H2,(H,29,30)(H,26,27,31). The number of nitrogens with zero attached hydrogens (tertiary/aromatic N) is 3. The van der Waals surface area contributed by atoms with Gasteiger partial charge in [-0.15, -0.1) is 5.10 Å². The zero-order valence-corrected chi connectivity index (χ0v) is 17.8. The summed E-state index contributed by atoms with van der Waals surface area (Å²) in [6.45, 7) is 0. The number of carbonyl (C=O) groups excluding carboxylic acids is 1. The van der Waals surface area contributed by atoms with E-state index in [9.17, 15) is 9.59 Å². The number of hydrogen-bond acceptors (Lipinski definition) is 6. The lowest BCUT2D eigenvalue weighted by molar-refractivity contribution is -0.138. The first-order valence-electron chi connectivity index (χ1n) is 9.91. The van der Waals surface area contributed by atoms with E-state index in [4.69, 9.17) is 5.11 Å². The van der Waals surface area contributed by atoms with Gasteiger partial charge in [0.15, 0.2) is 5.17 Å². The highest BCUT2D eigenvalue weighted by atomic mass is 32.2. The monoisotopic (exact) mass is 444 g/mol. The average molecular weight is 445 g/mol. The third kappa shape index (κ3) is 5.22. The van der Waals surface area contributed by atoms with Gasteiger partial charge < -0.3 is 15.3 Å². The van der Waals surface area contributed by atoms with Gasteiger partial charge in [-0.2, -0.15) is 5.10 Å². The molecule has 0 bridgehead atoms. The van der Waals surface area contributed by atoms with Gasteiger partial charge in [-0.3, -0.25) is 9.59 Å². The molecular formula is C24H20N4O3S. The molecule has 1 heterocycles. The summed E-state index contributed by atoms with van der Waals surface area (Å²) >= 11 is 1.07. The van der Waals surface area contributed by atoms with Crippen LogP contribution >= 0.6 is 11.8 Å². The van der Waals surface area contributed by atoms with E-state index in [-0.39, 0.29) is 12.3 Å². The van der Waals surface area contributed by atoms with Crippen molar-refractivity contribution in [2.75, 3.05) is 4.90 Å². The minimum atomic E-state index is -1.03. The fourth-order valence-electron chi connectivity index (χ4n) is 3.20. The lowest BCUT2D eigenvalue weighted by atomic mass is 10.1. The Morgan fingerprint density at radius 2 is 1.50 bits per heavy atom. The molecule has 3 aromatic rings. The Bertz CT molecular complexity index is 1110. The number of nitrogens with one attached hydrogen (secondary N) is 1. The number of aliphatic carboxylic acids is 1. The van der Waals surface area contributed by atoms with Crippen molar-refractivity contribution < 1.29 is 14.7 Å². The lowest BCUT2D eigenvalue weighted by Gasteiger charge is -2.25. The second-order valence-electron chi connectivity index (χ2n) is 6.94. The van der Waals surface area contributed by atoms with Gasteiger partial charge in [-0.25, -0.2) is 0 Å². The molecule has 0 spiro atoms. The van der Waals surface area contributed by atoms with E-state index in [1.807, 2.05) is 60.7 Å². The molecule has 7 nitrogen and oxygen atoms in total. The van der Waals surface area contributed by atoms with E-state index in [0.717, 1.165) is 34.4 Å². The SMILES string of the molecule is O=C(O)CC1SC(=NN=Cc2ccc(N(c3ccccc3)c3ccccc3)cc2)NC1=O. The van der Waals surface area contributed by atoms with Crippen molar-refractivity contribution in [2.24, 2.45) is 10.2 Å². The highest BCUT2D eigenvalue weighted by Gasteiger charge is 2.32. The first-order chi connectivity index (χ1) is 15.6. The number of carbonyl (C=O) groups is 2. The van der Waals surface area contributed by atoms with E-state index in [1.54, 1.807) is 6.21 Å². The Balaban J connectivity index is 1.50. The summed E-state index contributed by atoms with van der Waals surface area (Å²) in [5, 5.41) is 19.0. The second-order valence-corrected chi connectivity index (χ2v) is 8.13. The molecule has 1 atom stereocenters. The summed E-state index contributed by atoms with van der Waals surface area (Å²) < 4.78 is 0. The minimum absolute atomic E-state index is 0.250. The molecule has 4 rings (SSSR count). The van der Waals surface area contributed by atoms with Crippen molar-refractivity contribution in [3.63, 3.8) is 0 Å². The van der Waals surface area contributed by atoms with E-state index in [2.05, 4.69) is 44.7 Å². The maximum Gasteiger partial charge on any atom is 0.305 e. The molecule has 0 radical (unpaired) electrons. The normalized spacial score (nSPS) is 16.9. The number of para-hydroxylation sites is 2. The molecule has 0 aromatic heterocycles. The highest BCUT2D eigenvalue weighted by Crippen LogP contribution is 2.33. The molecule has 32 heavy (non-hydrogen) atoms. The fourth-order valence-corrected chi connectivity index (χ4v) is 4.12. The van der Waals surface area contributed by atoms with Crippen molar-refractivity contribution in [2.45, 2.75) is 11.7 Å². The van der Waals surface area contributed by atoms with Crippen LogP contribution in [0.4, 0.5) is 17.1 Å². The fraction of sp³-hybridized carbons (Fsp3) is 0.0833. The molecule has 160 valence electrons. The van der Waals surface area contributed by atoms with Gasteiger partial charge in [-0.05, 0) is 42.0 Å². The maximum absolute atomic E-state index is 11.8. The summed E-state index contributed by atoms with van der Waals surface area (Å²) in [7, 11) is 0. The van der Waals surface area contributed by atoms with E-state index >= 15 is 0 Å². The van der Waals surface area contributed by atoms with Gasteiger partial charge >= 0.3 is 5.97 Å². The van der Waals surface area contributed by atoms with E-state index in [1.165, 1.54) is 0 Å². The van der Waals surface area contributed by atoms with Gasteiger partial charge in [0.05, 0.1) is 12.6 Å². The van der Waals surface area contributed by atoms with E-state index in [0.29, 0.717) is 5.17 Å². The topological polar surface area (TPSA) is 94.4 Å². The molecule has 1 fully saturated rings. The smallest absolute Gasteiger partial charge is 0.305 e. The van der Waals surface area contributed by atoms with Crippen LogP contribution < -0.4 is 10.2 Å². The number of carboxylic acid groups (broad SMARTS) is 1. The van der Waals surface area contributed by atoms with Gasteiger partial charge in [0.1, 0.15) is 5.25 Å². The van der Waals surface area contributed by atoms with Crippen LogP contribution in [-0.2, 0) is 9.59 Å². The van der Waals surface area contributed by atoms with Crippen molar-refractivity contribution in [1.29, 1.82) is 0 Å². The van der Waals surface area contributed by atoms with Crippen LogP contribution in [0, 0.1) is 0 Å². The summed E-state index contributed by atoms with van der Waals surface area (Å²) in [4.78, 5) is 24.7. The van der Waals surface area contributed by atoms with Crippen LogP contribution in [0.15, 0.2) is 95.1 Å².